The number of methoxy groups -OCH3 is 1. The SMILES string of the molecule is COc1cc(C(O)Cc2c(F)cccc2Cl)ccc1Cl. The van der Waals surface area contributed by atoms with Gasteiger partial charge < -0.3 is 9.84 Å². The summed E-state index contributed by atoms with van der Waals surface area (Å²) in [6.07, 6.45) is -0.813. The maximum absolute atomic E-state index is 13.7. The summed E-state index contributed by atoms with van der Waals surface area (Å²) >= 11 is 11.9. The Bertz CT molecular complexity index is 597. The molecule has 0 aromatic heterocycles. The van der Waals surface area contributed by atoms with Crippen LogP contribution in [0.5, 0.6) is 5.75 Å². The van der Waals surface area contributed by atoms with Gasteiger partial charge in [0.1, 0.15) is 11.6 Å². The number of benzene rings is 2. The van der Waals surface area contributed by atoms with Gasteiger partial charge in [-0.15, -0.1) is 0 Å². The lowest BCUT2D eigenvalue weighted by atomic mass is 10.0. The highest BCUT2D eigenvalue weighted by molar-refractivity contribution is 6.32. The van der Waals surface area contributed by atoms with Crippen molar-refractivity contribution in [1.29, 1.82) is 0 Å². The Morgan fingerprint density at radius 2 is 1.95 bits per heavy atom. The summed E-state index contributed by atoms with van der Waals surface area (Å²) in [5.41, 5.74) is 0.876. The van der Waals surface area contributed by atoms with Crippen molar-refractivity contribution in [2.45, 2.75) is 12.5 Å². The van der Waals surface area contributed by atoms with Crippen LogP contribution in [0, 0.1) is 5.82 Å². The third-order valence-electron chi connectivity index (χ3n) is 3.02. The maximum atomic E-state index is 13.7. The second kappa shape index (κ2) is 6.44. The molecular formula is C15H13Cl2FO2. The highest BCUT2D eigenvalue weighted by Crippen LogP contribution is 2.30. The highest BCUT2D eigenvalue weighted by atomic mass is 35.5. The average molecular weight is 315 g/mol. The molecule has 2 rings (SSSR count). The second-order valence-corrected chi connectivity index (χ2v) is 5.13. The quantitative estimate of drug-likeness (QED) is 0.905. The number of halogens is 3. The lowest BCUT2D eigenvalue weighted by molar-refractivity contribution is 0.176. The minimum absolute atomic E-state index is 0.0797. The van der Waals surface area contributed by atoms with E-state index < -0.39 is 11.9 Å². The fraction of sp³-hybridized carbons (Fsp3) is 0.200. The van der Waals surface area contributed by atoms with Crippen LogP contribution in [0.2, 0.25) is 10.0 Å². The molecule has 20 heavy (non-hydrogen) atoms. The molecule has 0 aliphatic heterocycles. The third-order valence-corrected chi connectivity index (χ3v) is 3.69. The standard InChI is InChI=1S/C15H13Cl2FO2/c1-20-15-7-9(5-6-12(15)17)14(19)8-10-11(16)3-2-4-13(10)18/h2-7,14,19H,8H2,1H3. The normalized spacial score (nSPS) is 12.2. The van der Waals surface area contributed by atoms with E-state index in [0.29, 0.717) is 21.4 Å². The van der Waals surface area contributed by atoms with E-state index >= 15 is 0 Å². The molecule has 5 heteroatoms. The predicted molar refractivity (Wildman–Crippen MR) is 78.1 cm³/mol. The molecule has 2 aromatic rings. The van der Waals surface area contributed by atoms with Gasteiger partial charge in [-0.1, -0.05) is 35.3 Å². The Labute approximate surface area is 126 Å². The van der Waals surface area contributed by atoms with E-state index in [1.54, 1.807) is 24.3 Å². The summed E-state index contributed by atoms with van der Waals surface area (Å²) in [7, 11) is 1.49. The number of rotatable bonds is 4. The van der Waals surface area contributed by atoms with Crippen LogP contribution in [0.4, 0.5) is 4.39 Å². The van der Waals surface area contributed by atoms with Crippen LogP contribution in [0.1, 0.15) is 17.2 Å². The summed E-state index contributed by atoms with van der Waals surface area (Å²) in [5.74, 6) is 0.0281. The van der Waals surface area contributed by atoms with E-state index in [0.717, 1.165) is 0 Å². The zero-order valence-electron chi connectivity index (χ0n) is 10.7. The van der Waals surface area contributed by atoms with E-state index in [2.05, 4.69) is 0 Å². The van der Waals surface area contributed by atoms with Gasteiger partial charge in [-0.2, -0.15) is 0 Å². The van der Waals surface area contributed by atoms with Crippen LogP contribution in [0.15, 0.2) is 36.4 Å². The molecular weight excluding hydrogens is 302 g/mol. The van der Waals surface area contributed by atoms with Crippen LogP contribution >= 0.6 is 23.2 Å². The Morgan fingerprint density at radius 1 is 1.20 bits per heavy atom. The van der Waals surface area contributed by atoms with Gasteiger partial charge in [0.05, 0.1) is 18.2 Å². The lowest BCUT2D eigenvalue weighted by Crippen LogP contribution is -2.04. The number of hydrogen-bond acceptors (Lipinski definition) is 2. The molecule has 106 valence electrons. The van der Waals surface area contributed by atoms with Crippen molar-refractivity contribution in [2.75, 3.05) is 7.11 Å². The first-order valence-corrected chi connectivity index (χ1v) is 6.73. The van der Waals surface area contributed by atoms with Crippen molar-refractivity contribution in [1.82, 2.24) is 0 Å². The van der Waals surface area contributed by atoms with Gasteiger partial charge in [-0.05, 0) is 29.8 Å². The van der Waals surface area contributed by atoms with Crippen molar-refractivity contribution in [3.8, 4) is 5.75 Å². The van der Waals surface area contributed by atoms with Gasteiger partial charge in [-0.25, -0.2) is 4.39 Å². The first-order chi connectivity index (χ1) is 9.52. The minimum atomic E-state index is -0.893. The minimum Gasteiger partial charge on any atom is -0.495 e. The van der Waals surface area contributed by atoms with Gasteiger partial charge in [0.15, 0.2) is 0 Å². The van der Waals surface area contributed by atoms with Crippen molar-refractivity contribution in [2.24, 2.45) is 0 Å². The largest absolute Gasteiger partial charge is 0.495 e. The molecule has 2 aromatic carbocycles. The number of ether oxygens (including phenoxy) is 1. The van der Waals surface area contributed by atoms with Crippen molar-refractivity contribution in [3.05, 3.63) is 63.4 Å². The molecule has 0 saturated heterocycles. The van der Waals surface area contributed by atoms with Crippen LogP contribution in [0.3, 0.4) is 0 Å². The van der Waals surface area contributed by atoms with E-state index in [-0.39, 0.29) is 12.0 Å². The van der Waals surface area contributed by atoms with Gasteiger partial charge in [0.2, 0.25) is 0 Å². The molecule has 0 heterocycles. The molecule has 0 aliphatic rings. The Hall–Kier alpha value is -1.29. The Kier molecular flexibility index (Phi) is 4.86. The monoisotopic (exact) mass is 314 g/mol. The first-order valence-electron chi connectivity index (χ1n) is 5.97. The number of aliphatic hydroxyl groups excluding tert-OH is 1. The summed E-state index contributed by atoms with van der Waals surface area (Å²) in [4.78, 5) is 0. The van der Waals surface area contributed by atoms with E-state index in [4.69, 9.17) is 27.9 Å². The zero-order valence-corrected chi connectivity index (χ0v) is 12.2. The van der Waals surface area contributed by atoms with E-state index in [9.17, 15) is 9.50 Å². The van der Waals surface area contributed by atoms with Crippen LogP contribution in [-0.2, 0) is 6.42 Å². The molecule has 0 bridgehead atoms. The fourth-order valence-corrected chi connectivity index (χ4v) is 2.36. The highest BCUT2D eigenvalue weighted by Gasteiger charge is 2.15. The van der Waals surface area contributed by atoms with Crippen LogP contribution < -0.4 is 4.74 Å². The molecule has 2 nitrogen and oxygen atoms in total. The molecule has 0 fully saturated rings. The third kappa shape index (κ3) is 3.23. The molecule has 1 atom stereocenters. The Balaban J connectivity index is 2.26. The number of aliphatic hydroxyl groups is 1. The second-order valence-electron chi connectivity index (χ2n) is 4.31. The van der Waals surface area contributed by atoms with Gasteiger partial charge in [0, 0.05) is 17.0 Å². The van der Waals surface area contributed by atoms with Crippen LogP contribution in [0.25, 0.3) is 0 Å². The zero-order chi connectivity index (χ0) is 14.7. The van der Waals surface area contributed by atoms with Crippen LogP contribution in [-0.4, -0.2) is 12.2 Å². The summed E-state index contributed by atoms with van der Waals surface area (Å²) in [6.45, 7) is 0. The molecule has 1 N–H and O–H groups in total. The molecule has 0 saturated carbocycles. The smallest absolute Gasteiger partial charge is 0.137 e. The van der Waals surface area contributed by atoms with Gasteiger partial charge >= 0.3 is 0 Å². The summed E-state index contributed by atoms with van der Waals surface area (Å²) < 4.78 is 18.8. The topological polar surface area (TPSA) is 29.5 Å². The van der Waals surface area contributed by atoms with E-state index in [1.165, 1.54) is 19.2 Å². The molecule has 0 radical (unpaired) electrons. The molecule has 0 aliphatic carbocycles. The first kappa shape index (κ1) is 15.1. The van der Waals surface area contributed by atoms with Gasteiger partial charge in [-0.3, -0.25) is 0 Å². The summed E-state index contributed by atoms with van der Waals surface area (Å²) in [6, 6.07) is 9.36. The molecule has 0 amide bonds. The van der Waals surface area contributed by atoms with Crippen molar-refractivity contribution < 1.29 is 14.2 Å². The Morgan fingerprint density at radius 3 is 2.60 bits per heavy atom. The number of hydrogen-bond donors (Lipinski definition) is 1. The molecule has 1 unspecified atom stereocenters. The van der Waals surface area contributed by atoms with E-state index in [1.807, 2.05) is 0 Å². The van der Waals surface area contributed by atoms with Crippen molar-refractivity contribution in [3.63, 3.8) is 0 Å². The fourth-order valence-electron chi connectivity index (χ4n) is 1.92. The average Bonchev–Trinajstić information content (AvgIpc) is 2.43. The molecule has 0 spiro atoms. The predicted octanol–water partition coefficient (Wildman–Crippen LogP) is 4.42. The maximum Gasteiger partial charge on any atom is 0.137 e. The summed E-state index contributed by atoms with van der Waals surface area (Å²) in [5, 5.41) is 11.0. The lowest BCUT2D eigenvalue weighted by Gasteiger charge is -2.14. The van der Waals surface area contributed by atoms with Crippen molar-refractivity contribution >= 4 is 23.2 Å². The van der Waals surface area contributed by atoms with Gasteiger partial charge in [0.25, 0.3) is 0 Å².